The molecule has 0 aliphatic rings. The van der Waals surface area contributed by atoms with Crippen molar-refractivity contribution in [2.45, 2.75) is 38.8 Å². The predicted octanol–water partition coefficient (Wildman–Crippen LogP) is 3.62. The molecule has 2 heteroatoms. The van der Waals surface area contributed by atoms with E-state index in [-0.39, 0.29) is 6.04 Å². The van der Waals surface area contributed by atoms with Crippen molar-refractivity contribution < 1.29 is 0 Å². The highest BCUT2D eigenvalue weighted by Gasteiger charge is 2.04. The molecule has 2 rings (SSSR count). The molecule has 2 nitrogen and oxygen atoms in total. The summed E-state index contributed by atoms with van der Waals surface area (Å²) in [6.07, 6.45) is 1.96. The molecule has 106 valence electrons. The first-order valence-electron chi connectivity index (χ1n) is 7.28. The third kappa shape index (κ3) is 4.71. The molecule has 2 aromatic carbocycles. The smallest absolute Gasteiger partial charge is 0.0342 e. The minimum Gasteiger partial charge on any atom is -0.382 e. The number of nitrogens with one attached hydrogen (secondary N) is 1. The van der Waals surface area contributed by atoms with E-state index in [1.54, 1.807) is 0 Å². The van der Waals surface area contributed by atoms with E-state index in [1.807, 2.05) is 6.92 Å². The Morgan fingerprint density at radius 3 is 2.05 bits per heavy atom. The minimum absolute atomic E-state index is 0.214. The largest absolute Gasteiger partial charge is 0.382 e. The number of nitrogens with two attached hydrogens (primary N) is 1. The van der Waals surface area contributed by atoms with Gasteiger partial charge in [-0.3, -0.25) is 0 Å². The standard InChI is InChI=1S/C18H24N2/c1-14(19)12-17-8-10-18(11-9-17)20-15(2)13-16-6-4-3-5-7-16/h3-11,14-15,20H,12-13,19H2,1-2H3/t14-,15-/m1/s1. The van der Waals surface area contributed by atoms with Gasteiger partial charge in [-0.1, -0.05) is 42.5 Å². The van der Waals surface area contributed by atoms with Crippen LogP contribution < -0.4 is 11.1 Å². The molecule has 0 heterocycles. The second-order valence-corrected chi connectivity index (χ2v) is 5.61. The van der Waals surface area contributed by atoms with Crippen molar-refractivity contribution in [1.29, 1.82) is 0 Å². The fraction of sp³-hybridized carbons (Fsp3) is 0.333. The average molecular weight is 268 g/mol. The van der Waals surface area contributed by atoms with Crippen molar-refractivity contribution in [2.75, 3.05) is 5.32 Å². The molecule has 2 aromatic rings. The lowest BCUT2D eigenvalue weighted by molar-refractivity contribution is 0.738. The average Bonchev–Trinajstić information content (AvgIpc) is 2.41. The van der Waals surface area contributed by atoms with Gasteiger partial charge in [0, 0.05) is 17.8 Å². The maximum atomic E-state index is 5.81. The summed E-state index contributed by atoms with van der Waals surface area (Å²) in [6.45, 7) is 4.25. The number of rotatable bonds is 6. The molecule has 0 saturated heterocycles. The van der Waals surface area contributed by atoms with Gasteiger partial charge in [0.25, 0.3) is 0 Å². The first-order valence-corrected chi connectivity index (χ1v) is 7.28. The highest BCUT2D eigenvalue weighted by atomic mass is 14.9. The third-order valence-electron chi connectivity index (χ3n) is 3.31. The lowest BCUT2D eigenvalue weighted by atomic mass is 10.1. The molecule has 2 atom stereocenters. The van der Waals surface area contributed by atoms with E-state index in [0.717, 1.165) is 12.8 Å². The molecule has 3 N–H and O–H groups in total. The lowest BCUT2D eigenvalue weighted by Crippen LogP contribution is -2.19. The molecular weight excluding hydrogens is 244 g/mol. The Morgan fingerprint density at radius 1 is 0.850 bits per heavy atom. The molecular formula is C18H24N2. The van der Waals surface area contributed by atoms with Gasteiger partial charge in [-0.05, 0) is 49.9 Å². The van der Waals surface area contributed by atoms with E-state index >= 15 is 0 Å². The first-order chi connectivity index (χ1) is 9.63. The van der Waals surface area contributed by atoms with Crippen LogP contribution in [0.15, 0.2) is 54.6 Å². The normalized spacial score (nSPS) is 13.8. The van der Waals surface area contributed by atoms with E-state index in [2.05, 4.69) is 66.8 Å². The van der Waals surface area contributed by atoms with Gasteiger partial charge < -0.3 is 11.1 Å². The monoisotopic (exact) mass is 268 g/mol. The van der Waals surface area contributed by atoms with Gasteiger partial charge in [0.05, 0.1) is 0 Å². The summed E-state index contributed by atoms with van der Waals surface area (Å²) < 4.78 is 0. The van der Waals surface area contributed by atoms with Crippen molar-refractivity contribution >= 4 is 5.69 Å². The van der Waals surface area contributed by atoms with E-state index in [4.69, 9.17) is 5.73 Å². The zero-order valence-corrected chi connectivity index (χ0v) is 12.3. The predicted molar refractivity (Wildman–Crippen MR) is 87.0 cm³/mol. The van der Waals surface area contributed by atoms with Crippen LogP contribution in [-0.4, -0.2) is 12.1 Å². The molecule has 0 unspecified atom stereocenters. The van der Waals surface area contributed by atoms with Crippen LogP contribution in [0.3, 0.4) is 0 Å². The Labute approximate surface area is 122 Å². The maximum absolute atomic E-state index is 5.81. The van der Waals surface area contributed by atoms with Gasteiger partial charge in [0.1, 0.15) is 0 Å². The molecule has 0 amide bonds. The van der Waals surface area contributed by atoms with E-state index < -0.39 is 0 Å². The fourth-order valence-electron chi connectivity index (χ4n) is 2.41. The quantitative estimate of drug-likeness (QED) is 0.839. The number of benzene rings is 2. The van der Waals surface area contributed by atoms with Gasteiger partial charge in [0.15, 0.2) is 0 Å². The Morgan fingerprint density at radius 2 is 1.45 bits per heavy atom. The zero-order chi connectivity index (χ0) is 14.4. The van der Waals surface area contributed by atoms with E-state index in [9.17, 15) is 0 Å². The molecule has 0 bridgehead atoms. The highest BCUT2D eigenvalue weighted by molar-refractivity contribution is 5.45. The Hall–Kier alpha value is -1.80. The molecule has 0 aliphatic heterocycles. The Kier molecular flexibility index (Phi) is 5.19. The summed E-state index contributed by atoms with van der Waals surface area (Å²) in [5, 5.41) is 3.54. The second kappa shape index (κ2) is 7.11. The van der Waals surface area contributed by atoms with Gasteiger partial charge in [-0.2, -0.15) is 0 Å². The van der Waals surface area contributed by atoms with E-state index in [0.29, 0.717) is 6.04 Å². The molecule has 0 spiro atoms. The summed E-state index contributed by atoms with van der Waals surface area (Å²) in [5.41, 5.74) is 9.64. The van der Waals surface area contributed by atoms with Crippen LogP contribution in [0, 0.1) is 0 Å². The molecule has 0 radical (unpaired) electrons. The van der Waals surface area contributed by atoms with Crippen molar-refractivity contribution in [2.24, 2.45) is 5.73 Å². The van der Waals surface area contributed by atoms with Crippen molar-refractivity contribution in [3.63, 3.8) is 0 Å². The van der Waals surface area contributed by atoms with Crippen LogP contribution in [0.1, 0.15) is 25.0 Å². The maximum Gasteiger partial charge on any atom is 0.0342 e. The SMILES string of the molecule is C[C@H](Cc1ccccc1)Nc1ccc(C[C@@H](C)N)cc1. The number of hydrogen-bond donors (Lipinski definition) is 2. The lowest BCUT2D eigenvalue weighted by Gasteiger charge is -2.16. The Balaban J connectivity index is 1.89. The molecule has 20 heavy (non-hydrogen) atoms. The van der Waals surface area contributed by atoms with Gasteiger partial charge in [-0.25, -0.2) is 0 Å². The second-order valence-electron chi connectivity index (χ2n) is 5.61. The summed E-state index contributed by atoms with van der Waals surface area (Å²) in [7, 11) is 0. The van der Waals surface area contributed by atoms with Crippen LogP contribution in [-0.2, 0) is 12.8 Å². The van der Waals surface area contributed by atoms with Gasteiger partial charge in [-0.15, -0.1) is 0 Å². The van der Waals surface area contributed by atoms with Crippen LogP contribution in [0.5, 0.6) is 0 Å². The van der Waals surface area contributed by atoms with Crippen LogP contribution in [0.25, 0.3) is 0 Å². The van der Waals surface area contributed by atoms with Crippen molar-refractivity contribution in [3.05, 3.63) is 65.7 Å². The Bertz CT molecular complexity index is 503. The van der Waals surface area contributed by atoms with Crippen molar-refractivity contribution in [3.8, 4) is 0 Å². The topological polar surface area (TPSA) is 38.0 Å². The zero-order valence-electron chi connectivity index (χ0n) is 12.3. The minimum atomic E-state index is 0.214. The summed E-state index contributed by atoms with van der Waals surface area (Å²) >= 11 is 0. The molecule has 0 aliphatic carbocycles. The van der Waals surface area contributed by atoms with Gasteiger partial charge in [0.2, 0.25) is 0 Å². The van der Waals surface area contributed by atoms with Crippen LogP contribution in [0.2, 0.25) is 0 Å². The highest BCUT2D eigenvalue weighted by Crippen LogP contribution is 2.13. The first kappa shape index (κ1) is 14.6. The van der Waals surface area contributed by atoms with Crippen LogP contribution in [0.4, 0.5) is 5.69 Å². The number of anilines is 1. The number of hydrogen-bond acceptors (Lipinski definition) is 2. The summed E-state index contributed by atoms with van der Waals surface area (Å²) in [6, 6.07) is 19.8. The molecule has 0 fully saturated rings. The third-order valence-corrected chi connectivity index (χ3v) is 3.31. The summed E-state index contributed by atoms with van der Waals surface area (Å²) in [5.74, 6) is 0. The fourth-order valence-corrected chi connectivity index (χ4v) is 2.41. The molecule has 0 saturated carbocycles. The van der Waals surface area contributed by atoms with Crippen LogP contribution >= 0.6 is 0 Å². The summed E-state index contributed by atoms with van der Waals surface area (Å²) in [4.78, 5) is 0. The molecule has 0 aromatic heterocycles. The van der Waals surface area contributed by atoms with Gasteiger partial charge >= 0.3 is 0 Å². The van der Waals surface area contributed by atoms with Crippen molar-refractivity contribution in [1.82, 2.24) is 0 Å². The van der Waals surface area contributed by atoms with E-state index in [1.165, 1.54) is 16.8 Å².